The molecule has 2 saturated heterocycles. The number of hydrogen-bond donors (Lipinski definition) is 0. The van der Waals surface area contributed by atoms with Crippen molar-refractivity contribution in [1.82, 2.24) is 9.80 Å². The van der Waals surface area contributed by atoms with Crippen LogP contribution in [0.1, 0.15) is 0 Å². The smallest absolute Gasteiger partial charge is 0.311 e. The quantitative estimate of drug-likeness (QED) is 0.500. The van der Waals surface area contributed by atoms with Gasteiger partial charge in [-0.15, -0.1) is 0 Å². The standard InChI is InChI=1S/C7H10N2O2S/c1-8-6(10)5-4-12-3-2-9(5)7(8)11/h5H,2-4H2,1H3. The highest BCUT2D eigenvalue weighted by Crippen LogP contribution is 2.24. The number of likely N-dealkylation sites (N-methyl/N-ethyl adjacent to an activating group) is 1. The number of thioether (sulfide) groups is 1. The molecule has 2 rings (SSSR count). The molecule has 0 spiro atoms. The van der Waals surface area contributed by atoms with Crippen molar-refractivity contribution in [2.75, 3.05) is 25.1 Å². The Morgan fingerprint density at radius 1 is 1.50 bits per heavy atom. The number of carbonyl (C=O) groups excluding carboxylic acids is 2. The molecule has 0 saturated carbocycles. The van der Waals surface area contributed by atoms with Crippen LogP contribution in [-0.2, 0) is 4.79 Å². The highest BCUT2D eigenvalue weighted by molar-refractivity contribution is 7.99. The van der Waals surface area contributed by atoms with Gasteiger partial charge >= 0.3 is 6.03 Å². The summed E-state index contributed by atoms with van der Waals surface area (Å²) in [4.78, 5) is 25.7. The summed E-state index contributed by atoms with van der Waals surface area (Å²) in [5.74, 6) is 1.66. The van der Waals surface area contributed by atoms with E-state index in [4.69, 9.17) is 0 Å². The molecule has 0 N–H and O–H groups in total. The third kappa shape index (κ3) is 0.924. The first-order valence-corrected chi connectivity index (χ1v) is 5.03. The second-order valence-corrected chi connectivity index (χ2v) is 4.11. The van der Waals surface area contributed by atoms with Crippen LogP contribution in [0.2, 0.25) is 0 Å². The van der Waals surface area contributed by atoms with Gasteiger partial charge < -0.3 is 4.90 Å². The van der Waals surface area contributed by atoms with Gasteiger partial charge in [-0.2, -0.15) is 11.8 Å². The Labute approximate surface area is 74.9 Å². The Hall–Kier alpha value is -0.710. The van der Waals surface area contributed by atoms with Gasteiger partial charge in [0.15, 0.2) is 0 Å². The molecule has 0 aliphatic carbocycles. The van der Waals surface area contributed by atoms with Crippen LogP contribution in [0.3, 0.4) is 0 Å². The molecular formula is C7H10N2O2S. The van der Waals surface area contributed by atoms with Crippen LogP contribution in [-0.4, -0.2) is 52.9 Å². The van der Waals surface area contributed by atoms with Gasteiger partial charge in [0.1, 0.15) is 6.04 Å². The minimum Gasteiger partial charge on any atom is -0.311 e. The van der Waals surface area contributed by atoms with Gasteiger partial charge in [-0.3, -0.25) is 9.69 Å². The largest absolute Gasteiger partial charge is 0.327 e. The fraction of sp³-hybridized carbons (Fsp3) is 0.714. The molecule has 0 aromatic carbocycles. The van der Waals surface area contributed by atoms with Crippen molar-refractivity contribution < 1.29 is 9.59 Å². The average Bonchev–Trinajstić information content (AvgIpc) is 2.33. The van der Waals surface area contributed by atoms with Crippen molar-refractivity contribution in [1.29, 1.82) is 0 Å². The van der Waals surface area contributed by atoms with Gasteiger partial charge in [-0.05, 0) is 0 Å². The van der Waals surface area contributed by atoms with Crippen molar-refractivity contribution in [3.8, 4) is 0 Å². The second kappa shape index (κ2) is 2.65. The van der Waals surface area contributed by atoms with Gasteiger partial charge in [0.05, 0.1) is 0 Å². The predicted molar refractivity (Wildman–Crippen MR) is 46.0 cm³/mol. The molecule has 5 heteroatoms. The molecule has 3 amide bonds. The summed E-state index contributed by atoms with van der Waals surface area (Å²) in [6.07, 6.45) is 0. The van der Waals surface area contributed by atoms with Gasteiger partial charge in [0.2, 0.25) is 0 Å². The minimum absolute atomic E-state index is 0.0489. The lowest BCUT2D eigenvalue weighted by molar-refractivity contribution is -0.126. The topological polar surface area (TPSA) is 40.6 Å². The second-order valence-electron chi connectivity index (χ2n) is 2.96. The summed E-state index contributed by atoms with van der Waals surface area (Å²) in [6, 6.07) is -0.313. The van der Waals surface area contributed by atoms with Crippen molar-refractivity contribution in [3.63, 3.8) is 0 Å². The molecular weight excluding hydrogens is 176 g/mol. The van der Waals surface area contributed by atoms with E-state index < -0.39 is 0 Å². The zero-order chi connectivity index (χ0) is 8.72. The zero-order valence-corrected chi connectivity index (χ0v) is 7.63. The SMILES string of the molecule is CN1C(=O)C2CSCCN2C1=O. The van der Waals surface area contributed by atoms with Crippen LogP contribution in [0.4, 0.5) is 4.79 Å². The number of rotatable bonds is 0. The molecule has 12 heavy (non-hydrogen) atoms. The first-order chi connectivity index (χ1) is 5.72. The molecule has 0 aromatic rings. The van der Waals surface area contributed by atoms with Crippen LogP contribution in [0.15, 0.2) is 0 Å². The summed E-state index contributed by atoms with van der Waals surface area (Å²) >= 11 is 1.74. The molecule has 0 bridgehead atoms. The number of imide groups is 1. The number of urea groups is 1. The Morgan fingerprint density at radius 2 is 2.25 bits per heavy atom. The highest BCUT2D eigenvalue weighted by atomic mass is 32.2. The van der Waals surface area contributed by atoms with E-state index in [2.05, 4.69) is 0 Å². The molecule has 2 aliphatic heterocycles. The Kier molecular flexibility index (Phi) is 1.75. The minimum atomic E-state index is -0.179. The first-order valence-electron chi connectivity index (χ1n) is 3.87. The molecule has 0 aromatic heterocycles. The van der Waals surface area contributed by atoms with Crippen LogP contribution in [0.5, 0.6) is 0 Å². The van der Waals surface area contributed by atoms with E-state index in [1.54, 1.807) is 23.7 Å². The fourth-order valence-corrected chi connectivity index (χ4v) is 2.59. The van der Waals surface area contributed by atoms with Crippen LogP contribution < -0.4 is 0 Å². The maximum absolute atomic E-state index is 11.4. The highest BCUT2D eigenvalue weighted by Gasteiger charge is 2.43. The number of fused-ring (bicyclic) bond motifs is 1. The van der Waals surface area contributed by atoms with Crippen molar-refractivity contribution in [3.05, 3.63) is 0 Å². The third-order valence-corrected chi connectivity index (χ3v) is 3.30. The lowest BCUT2D eigenvalue weighted by atomic mass is 10.3. The van der Waals surface area contributed by atoms with Gasteiger partial charge in [0, 0.05) is 25.1 Å². The maximum atomic E-state index is 11.4. The first kappa shape index (κ1) is 7.91. The number of hydrogen-bond acceptors (Lipinski definition) is 3. The van der Waals surface area contributed by atoms with Crippen molar-refractivity contribution in [2.24, 2.45) is 0 Å². The molecule has 66 valence electrons. The summed E-state index contributed by atoms with van der Waals surface area (Å²) in [7, 11) is 1.55. The molecule has 2 fully saturated rings. The molecule has 0 radical (unpaired) electrons. The summed E-state index contributed by atoms with van der Waals surface area (Å²) in [5, 5.41) is 0. The van der Waals surface area contributed by atoms with E-state index in [0.717, 1.165) is 11.5 Å². The predicted octanol–water partition coefficient (Wildman–Crippen LogP) is -0.00420. The number of nitrogens with zero attached hydrogens (tertiary/aromatic N) is 2. The Balaban J connectivity index is 2.25. The fourth-order valence-electron chi connectivity index (χ4n) is 1.55. The lowest BCUT2D eigenvalue weighted by Crippen LogP contribution is -2.41. The van der Waals surface area contributed by atoms with Crippen LogP contribution >= 0.6 is 11.8 Å². The Bertz CT molecular complexity index is 220. The molecule has 1 unspecified atom stereocenters. The van der Waals surface area contributed by atoms with Crippen LogP contribution in [0, 0.1) is 0 Å². The normalized spacial score (nSPS) is 29.6. The number of amides is 3. The van der Waals surface area contributed by atoms with Gasteiger partial charge in [0.25, 0.3) is 5.91 Å². The van der Waals surface area contributed by atoms with Crippen molar-refractivity contribution >= 4 is 23.7 Å². The molecule has 2 heterocycles. The summed E-state index contributed by atoms with van der Waals surface area (Å²) < 4.78 is 0. The molecule has 1 atom stereocenters. The van der Waals surface area contributed by atoms with E-state index in [-0.39, 0.29) is 18.0 Å². The lowest BCUT2D eigenvalue weighted by Gasteiger charge is -2.25. The zero-order valence-electron chi connectivity index (χ0n) is 6.82. The van der Waals surface area contributed by atoms with E-state index in [1.165, 1.54) is 4.90 Å². The van der Waals surface area contributed by atoms with Gasteiger partial charge in [-0.25, -0.2) is 4.79 Å². The number of carbonyl (C=O) groups is 2. The third-order valence-electron chi connectivity index (χ3n) is 2.28. The van der Waals surface area contributed by atoms with Crippen molar-refractivity contribution in [2.45, 2.75) is 6.04 Å². The monoisotopic (exact) mass is 186 g/mol. The van der Waals surface area contributed by atoms with E-state index in [0.29, 0.717) is 6.54 Å². The van der Waals surface area contributed by atoms with Crippen LogP contribution in [0.25, 0.3) is 0 Å². The van der Waals surface area contributed by atoms with Gasteiger partial charge in [-0.1, -0.05) is 0 Å². The van der Waals surface area contributed by atoms with E-state index in [1.807, 2.05) is 0 Å². The average molecular weight is 186 g/mol. The molecule has 2 aliphatic rings. The molecule has 4 nitrogen and oxygen atoms in total. The summed E-state index contributed by atoms with van der Waals surface area (Å²) in [6.45, 7) is 0.713. The van der Waals surface area contributed by atoms with E-state index in [9.17, 15) is 9.59 Å². The maximum Gasteiger partial charge on any atom is 0.327 e. The summed E-state index contributed by atoms with van der Waals surface area (Å²) in [5.41, 5.74) is 0. The Morgan fingerprint density at radius 3 is 2.92 bits per heavy atom. The van der Waals surface area contributed by atoms with E-state index >= 15 is 0 Å².